The first-order valence-corrected chi connectivity index (χ1v) is 42.5. The van der Waals surface area contributed by atoms with E-state index >= 15 is 9.59 Å². The lowest BCUT2D eigenvalue weighted by atomic mass is 9.80. The van der Waals surface area contributed by atoms with Crippen molar-refractivity contribution in [3.05, 3.63) is 77.9 Å². The standard InChI is InChI=1S/C82H131N27O19/c1-42(2)33-57(97-46(8)111)71(121)99-53(16-13-31-94-80(88)89)69(119)106-61(38-49-40-92-41-96-49)73(123)105-60(37-48-20-24-51(113)25-21-48)76(126)109-82(28-10-9-11-29-82)78(128)107-62(39-64(84)115)74(124)103-58(34-43(3)4)72(122)104-59(35-44(5)6)75(125)108-65(45(7)110)77(127)101-54(17-14-32-95-81(90)91)67(117)100-55(26-27-63(83)114)70(120)98-52(15-12-30-93-79(86)87)68(118)102-56(66(85)116)36-47-18-22-50(112)23-19-47/h18-25,40-45,52-62,65,110,112-113H,9-17,26-39H2,1-8H3,(H2,83,114)(H2,84,115)(H2,85,116)(H,92,96)(H,97,111)(H,98,120)(H,99,121)(H,100,117)(H,101,127)(H,102,118)(H,103,124)(H,104,122)(H,105,123)(H,106,119)(H,107,128)(H,108,125)(H,109,126)(H4,86,87,93)(H4,88,89,94)(H4,90,91,95)/t45-,52+,53+,54+,55+,56+,57+,58+,59+,60+,61+,62+,65+/m1/s1. The first kappa shape index (κ1) is 107. The molecule has 0 unspecified atom stereocenters. The molecule has 1 fully saturated rings. The first-order valence-electron chi connectivity index (χ1n) is 42.5. The second-order valence-electron chi connectivity index (χ2n) is 33.1. The van der Waals surface area contributed by atoms with Gasteiger partial charge in [-0.15, -0.1) is 0 Å². The molecule has 16 amide bonds. The van der Waals surface area contributed by atoms with E-state index in [1.54, 1.807) is 27.7 Å². The van der Waals surface area contributed by atoms with Crippen LogP contribution in [-0.4, -0.2) is 241 Å². The third-order valence-corrected chi connectivity index (χ3v) is 20.5. The SMILES string of the molecule is CC(=O)N[C@@H](CC(C)C)C(=O)N[C@@H](CCCNC(=N)N)C(=O)N[C@@H](Cc1cnc[nH]1)C(=O)N[C@@H](Cc1ccc(O)cc1)C(=O)NC1(C(=O)N[C@@H](CC(N)=O)C(=O)N[C@@H](CC(C)C)C(=O)N[C@@H](CC(C)C)C(=O)N[C@H](C(=O)N[C@@H](CCCNC(=N)N)C(=O)N[C@@H](CCC(N)=O)C(=O)N[C@@H](CCCNC(=N)N)C(=O)N[C@@H](Cc2ccc(O)cc2)C(N)=O)[C@@H](C)O)CCCCC1. The molecule has 0 aliphatic heterocycles. The van der Waals surface area contributed by atoms with Crippen LogP contribution in [-0.2, 0) is 96.0 Å². The number of carbonyl (C=O) groups is 16. The van der Waals surface area contributed by atoms with E-state index in [9.17, 15) is 82.4 Å². The lowest BCUT2D eigenvalue weighted by Gasteiger charge is -2.38. The van der Waals surface area contributed by atoms with Crippen LogP contribution in [0.3, 0.4) is 0 Å². The van der Waals surface area contributed by atoms with Gasteiger partial charge in [-0.3, -0.25) is 92.9 Å². The lowest BCUT2D eigenvalue weighted by molar-refractivity contribution is -0.140. The number of H-pyrrole nitrogens is 1. The van der Waals surface area contributed by atoms with Crippen molar-refractivity contribution in [3.8, 4) is 11.5 Å². The van der Waals surface area contributed by atoms with Crippen molar-refractivity contribution in [1.29, 1.82) is 16.2 Å². The third kappa shape index (κ3) is 39.4. The minimum Gasteiger partial charge on any atom is -0.508 e. The molecule has 3 aromatic rings. The summed E-state index contributed by atoms with van der Waals surface area (Å²) >= 11 is 0. The molecule has 46 heteroatoms. The Morgan fingerprint density at radius 2 is 0.766 bits per heavy atom. The van der Waals surface area contributed by atoms with E-state index in [1.165, 1.54) is 68.0 Å². The third-order valence-electron chi connectivity index (χ3n) is 20.5. The monoisotopic (exact) mass is 1800 g/mol. The van der Waals surface area contributed by atoms with Crippen LogP contribution < -0.4 is 119 Å². The number of primary amides is 3. The van der Waals surface area contributed by atoms with Gasteiger partial charge in [-0.25, -0.2) is 4.98 Å². The van der Waals surface area contributed by atoms with Crippen LogP contribution in [0.15, 0.2) is 61.1 Å². The molecule has 0 bridgehead atoms. The number of phenols is 2. The highest BCUT2D eigenvalue weighted by atomic mass is 16.3. The van der Waals surface area contributed by atoms with Gasteiger partial charge in [0.1, 0.15) is 89.5 Å². The molecule has 1 aliphatic carbocycles. The number of aliphatic hydroxyl groups excluding tert-OH is 1. The Balaban J connectivity index is 1.66. The van der Waals surface area contributed by atoms with Crippen molar-refractivity contribution in [2.45, 2.75) is 268 Å². The van der Waals surface area contributed by atoms with Gasteiger partial charge in [0.2, 0.25) is 94.5 Å². The van der Waals surface area contributed by atoms with Crippen LogP contribution >= 0.6 is 0 Å². The Morgan fingerprint density at radius 1 is 0.414 bits per heavy atom. The van der Waals surface area contributed by atoms with Crippen LogP contribution in [0.5, 0.6) is 11.5 Å². The topological polar surface area (TPSA) is 783 Å². The number of carbonyl (C=O) groups excluding carboxylic acids is 16. The molecule has 1 heterocycles. The number of rotatable bonds is 56. The number of phenolic OH excluding ortho intramolecular Hbond substituents is 2. The molecule has 13 atom stereocenters. The summed E-state index contributed by atoms with van der Waals surface area (Å²) in [6.45, 7) is 12.8. The van der Waals surface area contributed by atoms with Crippen molar-refractivity contribution in [1.82, 2.24) is 95.0 Å². The smallest absolute Gasteiger partial charge is 0.246 e. The number of guanidine groups is 3. The molecule has 0 radical (unpaired) electrons. The zero-order valence-electron chi connectivity index (χ0n) is 73.6. The van der Waals surface area contributed by atoms with Gasteiger partial charge >= 0.3 is 0 Å². The number of aromatic amines is 1. The number of hydrogen-bond acceptors (Lipinski definition) is 23. The summed E-state index contributed by atoms with van der Waals surface area (Å²) in [5, 5.41) is 95.7. The highest BCUT2D eigenvalue weighted by Gasteiger charge is 2.46. The number of aliphatic hydroxyl groups is 1. The fourth-order valence-corrected chi connectivity index (χ4v) is 14.0. The maximum Gasteiger partial charge on any atom is 0.246 e. The minimum atomic E-state index is -1.94. The molecular weight excluding hydrogens is 1670 g/mol. The number of imidazole rings is 1. The second kappa shape index (κ2) is 53.8. The van der Waals surface area contributed by atoms with Gasteiger partial charge in [0, 0.05) is 64.1 Å². The highest BCUT2D eigenvalue weighted by molar-refractivity contribution is 6.02. The van der Waals surface area contributed by atoms with Crippen molar-refractivity contribution in [2.24, 2.45) is 52.2 Å². The van der Waals surface area contributed by atoms with Crippen molar-refractivity contribution >= 4 is 112 Å². The molecular formula is C82H131N27O19. The van der Waals surface area contributed by atoms with Gasteiger partial charge in [-0.1, -0.05) is 85.1 Å². The fraction of sp³-hybridized carbons (Fsp3) is 0.585. The van der Waals surface area contributed by atoms with Gasteiger partial charge in [-0.05, 0) is 137 Å². The lowest BCUT2D eigenvalue weighted by Crippen LogP contribution is -2.66. The maximum absolute atomic E-state index is 15.2. The summed E-state index contributed by atoms with van der Waals surface area (Å²) in [5.74, 6) is -17.9. The molecule has 0 spiro atoms. The molecule has 128 heavy (non-hydrogen) atoms. The predicted molar refractivity (Wildman–Crippen MR) is 468 cm³/mol. The summed E-state index contributed by atoms with van der Waals surface area (Å²) in [5.41, 5.74) is 32.7. The molecule has 2 aromatic carbocycles. The van der Waals surface area contributed by atoms with E-state index < -0.39 is 222 Å². The Kier molecular flexibility index (Phi) is 44.9. The predicted octanol–water partition coefficient (Wildman–Crippen LogP) is -5.56. The number of aromatic nitrogens is 2. The minimum absolute atomic E-state index is 0.0178. The molecule has 4 rings (SSSR count). The van der Waals surface area contributed by atoms with Crippen molar-refractivity contribution in [3.63, 3.8) is 0 Å². The van der Waals surface area contributed by atoms with Crippen LogP contribution in [0.25, 0.3) is 0 Å². The van der Waals surface area contributed by atoms with Gasteiger partial charge < -0.3 is 140 Å². The number of hydrogen-bond donors (Lipinski definition) is 29. The van der Waals surface area contributed by atoms with Crippen molar-refractivity contribution < 1.29 is 92.0 Å². The first-order chi connectivity index (χ1) is 60.2. The van der Waals surface area contributed by atoms with Gasteiger partial charge in [0.25, 0.3) is 0 Å². The Labute approximate surface area is 741 Å². The van der Waals surface area contributed by atoms with Crippen LogP contribution in [0, 0.1) is 34.0 Å². The van der Waals surface area contributed by atoms with E-state index in [0.29, 0.717) is 36.1 Å². The molecule has 0 saturated heterocycles. The molecule has 35 N–H and O–H groups in total. The zero-order chi connectivity index (χ0) is 95.7. The molecule has 1 aliphatic rings. The molecule has 1 aromatic heterocycles. The Morgan fingerprint density at radius 3 is 1.14 bits per heavy atom. The summed E-state index contributed by atoms with van der Waals surface area (Å²) < 4.78 is 0. The molecule has 1 saturated carbocycles. The van der Waals surface area contributed by atoms with E-state index in [0.717, 1.165) is 6.92 Å². The van der Waals surface area contributed by atoms with E-state index in [4.69, 9.17) is 50.6 Å². The number of nitrogens with one attached hydrogen (secondary N) is 20. The normalized spacial score (nSPS) is 15.2. The summed E-state index contributed by atoms with van der Waals surface area (Å²) in [7, 11) is 0. The average molecular weight is 1800 g/mol. The summed E-state index contributed by atoms with van der Waals surface area (Å²) in [6.07, 6.45) is -1.18. The Hall–Kier alpha value is -13.5. The number of nitrogens with two attached hydrogens (primary N) is 6. The van der Waals surface area contributed by atoms with Crippen LogP contribution in [0.2, 0.25) is 0 Å². The fourth-order valence-electron chi connectivity index (χ4n) is 14.0. The largest absolute Gasteiger partial charge is 0.508 e. The van der Waals surface area contributed by atoms with Gasteiger partial charge in [-0.2, -0.15) is 0 Å². The number of amides is 16. The average Bonchev–Trinajstić information content (AvgIpc) is 0.858. The Bertz CT molecular complexity index is 4280. The molecule has 708 valence electrons. The summed E-state index contributed by atoms with van der Waals surface area (Å²) in [6, 6.07) is -7.52. The van der Waals surface area contributed by atoms with Crippen LogP contribution in [0.1, 0.15) is 181 Å². The summed E-state index contributed by atoms with van der Waals surface area (Å²) in [4.78, 5) is 233. The second-order valence-corrected chi connectivity index (χ2v) is 33.1. The van der Waals surface area contributed by atoms with Gasteiger partial charge in [0.05, 0.1) is 18.9 Å². The maximum atomic E-state index is 15.2. The van der Waals surface area contributed by atoms with E-state index in [-0.39, 0.29) is 133 Å². The van der Waals surface area contributed by atoms with Crippen LogP contribution in [0.4, 0.5) is 0 Å². The van der Waals surface area contributed by atoms with E-state index in [2.05, 4.69) is 95.0 Å². The number of aromatic hydroxyl groups is 2. The highest BCUT2D eigenvalue weighted by Crippen LogP contribution is 2.30. The van der Waals surface area contributed by atoms with E-state index in [1.807, 2.05) is 13.8 Å². The molecule has 46 nitrogen and oxygen atoms in total. The van der Waals surface area contributed by atoms with Crippen molar-refractivity contribution in [2.75, 3.05) is 19.6 Å². The number of nitrogens with zero attached hydrogens (tertiary/aromatic N) is 1. The van der Waals surface area contributed by atoms with Gasteiger partial charge in [0.15, 0.2) is 17.9 Å². The zero-order valence-corrected chi connectivity index (χ0v) is 73.6. The number of benzene rings is 2. The quantitative estimate of drug-likeness (QED) is 0.0142.